The Balaban J connectivity index is 2.90. The normalized spacial score (nSPS) is 10.2. The van der Waals surface area contributed by atoms with Crippen molar-refractivity contribution < 1.29 is 17.9 Å². The molecule has 0 N–H and O–H groups in total. The second kappa shape index (κ2) is 4.16. The highest BCUT2D eigenvalue weighted by Gasteiger charge is 2.13. The topological polar surface area (TPSA) is 9.23 Å². The van der Waals surface area contributed by atoms with Gasteiger partial charge >= 0.3 is 0 Å². The zero-order chi connectivity index (χ0) is 9.84. The predicted octanol–water partition coefficient (Wildman–Crippen LogP) is 2.71. The molecule has 1 aromatic carbocycles. The smallest absolute Gasteiger partial charge is 0.203 e. The summed E-state index contributed by atoms with van der Waals surface area (Å²) >= 11 is 0. The number of hydrogen-bond donors (Lipinski definition) is 0. The lowest BCUT2D eigenvalue weighted by Gasteiger charge is -2.05. The largest absolute Gasteiger partial charge is 0.490 e. The Labute approximate surface area is 74.1 Å². The number of hydrogen-bond acceptors (Lipinski definition) is 1. The van der Waals surface area contributed by atoms with Crippen LogP contribution in [-0.4, -0.2) is 6.61 Å². The van der Waals surface area contributed by atoms with Crippen molar-refractivity contribution in [1.82, 2.24) is 0 Å². The third-order valence-corrected chi connectivity index (χ3v) is 1.40. The summed E-state index contributed by atoms with van der Waals surface area (Å²) in [5, 5.41) is 0. The maximum Gasteiger partial charge on any atom is 0.203 e. The molecule has 0 heterocycles. The first kappa shape index (κ1) is 9.89. The molecule has 0 unspecified atom stereocenters. The zero-order valence-electron chi connectivity index (χ0n) is 6.82. The van der Waals surface area contributed by atoms with E-state index < -0.39 is 17.5 Å². The second-order valence-electron chi connectivity index (χ2n) is 2.38. The fraction of sp³-hybridized carbons (Fsp3) is 0.222. The highest BCUT2D eigenvalue weighted by molar-refractivity contribution is 5.26. The summed E-state index contributed by atoms with van der Waals surface area (Å²) in [5.74, 6) is -4.32. The first-order valence-corrected chi connectivity index (χ1v) is 3.72. The van der Waals surface area contributed by atoms with Gasteiger partial charge in [-0.3, -0.25) is 0 Å². The molecule has 0 aliphatic rings. The number of ether oxygens (including phenoxy) is 1. The van der Waals surface area contributed by atoms with Crippen LogP contribution in [0.3, 0.4) is 0 Å². The van der Waals surface area contributed by atoms with Crippen molar-refractivity contribution in [3.05, 3.63) is 36.5 Å². The van der Waals surface area contributed by atoms with E-state index in [-0.39, 0.29) is 12.4 Å². The van der Waals surface area contributed by atoms with E-state index in [9.17, 15) is 13.2 Å². The first-order valence-electron chi connectivity index (χ1n) is 3.72. The molecule has 0 aromatic heterocycles. The lowest BCUT2D eigenvalue weighted by molar-refractivity contribution is 0.297. The molecule has 0 atom stereocenters. The third kappa shape index (κ3) is 2.14. The number of halogens is 3. The molecule has 13 heavy (non-hydrogen) atoms. The van der Waals surface area contributed by atoms with Crippen LogP contribution in [-0.2, 0) is 0 Å². The minimum Gasteiger partial charge on any atom is -0.490 e. The monoisotopic (exact) mass is 189 g/mol. The lowest BCUT2D eigenvalue weighted by atomic mass is 10.3. The van der Waals surface area contributed by atoms with Gasteiger partial charge in [-0.2, -0.15) is 4.39 Å². The lowest BCUT2D eigenvalue weighted by Crippen LogP contribution is -2.00. The average molecular weight is 189 g/mol. The Kier molecular flexibility index (Phi) is 3.17. The van der Waals surface area contributed by atoms with Crippen molar-refractivity contribution in [3.8, 4) is 5.75 Å². The van der Waals surface area contributed by atoms with Gasteiger partial charge in [0.05, 0.1) is 6.61 Å². The standard InChI is InChI=1S/C9H8F3O/c1-2-5-13-7-4-3-6(10)8(11)9(7)12/h3-4H,1-2,5H2. The fourth-order valence-corrected chi connectivity index (χ4v) is 0.802. The summed E-state index contributed by atoms with van der Waals surface area (Å²) in [6.45, 7) is 3.62. The minimum absolute atomic E-state index is 0.169. The van der Waals surface area contributed by atoms with Crippen molar-refractivity contribution in [1.29, 1.82) is 0 Å². The molecule has 0 spiro atoms. The Morgan fingerprint density at radius 2 is 1.85 bits per heavy atom. The van der Waals surface area contributed by atoms with E-state index in [1.54, 1.807) is 0 Å². The van der Waals surface area contributed by atoms with Crippen molar-refractivity contribution >= 4 is 0 Å². The van der Waals surface area contributed by atoms with Crippen LogP contribution in [0.1, 0.15) is 6.42 Å². The summed E-state index contributed by atoms with van der Waals surface area (Å²) in [4.78, 5) is 0. The number of benzene rings is 1. The van der Waals surface area contributed by atoms with Crippen molar-refractivity contribution in [2.45, 2.75) is 6.42 Å². The summed E-state index contributed by atoms with van der Waals surface area (Å²) in [6.07, 6.45) is 0.429. The van der Waals surface area contributed by atoms with Crippen LogP contribution in [0.25, 0.3) is 0 Å². The highest BCUT2D eigenvalue weighted by atomic mass is 19.2. The van der Waals surface area contributed by atoms with Gasteiger partial charge in [-0.25, -0.2) is 8.78 Å². The Bertz CT molecular complexity index is 299. The molecule has 0 amide bonds. The average Bonchev–Trinajstić information content (AvgIpc) is 2.13. The molecule has 0 aliphatic heterocycles. The van der Waals surface area contributed by atoms with E-state index in [4.69, 9.17) is 4.74 Å². The second-order valence-corrected chi connectivity index (χ2v) is 2.38. The summed E-state index contributed by atoms with van der Waals surface area (Å²) in [7, 11) is 0. The van der Waals surface area contributed by atoms with Gasteiger partial charge in [0.25, 0.3) is 0 Å². The highest BCUT2D eigenvalue weighted by Crippen LogP contribution is 2.21. The van der Waals surface area contributed by atoms with Crippen molar-refractivity contribution in [2.75, 3.05) is 6.61 Å². The van der Waals surface area contributed by atoms with Crippen LogP contribution in [0.4, 0.5) is 13.2 Å². The maximum atomic E-state index is 12.8. The molecule has 1 nitrogen and oxygen atoms in total. The van der Waals surface area contributed by atoms with Crippen LogP contribution in [0.5, 0.6) is 5.75 Å². The molecule has 1 rings (SSSR count). The quantitative estimate of drug-likeness (QED) is 0.664. The van der Waals surface area contributed by atoms with Crippen molar-refractivity contribution in [3.63, 3.8) is 0 Å². The van der Waals surface area contributed by atoms with Gasteiger partial charge in [0.2, 0.25) is 5.82 Å². The molecule has 71 valence electrons. The van der Waals surface area contributed by atoms with Crippen LogP contribution in [0.2, 0.25) is 0 Å². The molecule has 0 saturated heterocycles. The Morgan fingerprint density at radius 3 is 2.46 bits per heavy atom. The molecule has 0 bridgehead atoms. The number of rotatable bonds is 3. The van der Waals surface area contributed by atoms with Crippen LogP contribution >= 0.6 is 0 Å². The van der Waals surface area contributed by atoms with Crippen molar-refractivity contribution in [2.24, 2.45) is 0 Å². The van der Waals surface area contributed by atoms with E-state index in [0.29, 0.717) is 6.42 Å². The minimum atomic E-state index is -1.51. The SMILES string of the molecule is [CH2]CCOc1ccc(F)c(F)c1F. The summed E-state index contributed by atoms with van der Waals surface area (Å²) in [6, 6.07) is 1.86. The maximum absolute atomic E-state index is 12.8. The molecule has 1 aromatic rings. The zero-order valence-corrected chi connectivity index (χ0v) is 6.82. The Hall–Kier alpha value is -1.19. The van der Waals surface area contributed by atoms with Crippen LogP contribution in [0, 0.1) is 24.4 Å². The van der Waals surface area contributed by atoms with Crippen LogP contribution in [0.15, 0.2) is 12.1 Å². The molecule has 0 aliphatic carbocycles. The third-order valence-electron chi connectivity index (χ3n) is 1.40. The molecular formula is C9H8F3O. The van der Waals surface area contributed by atoms with Gasteiger partial charge in [0.15, 0.2) is 17.4 Å². The molecule has 0 saturated carbocycles. The van der Waals surface area contributed by atoms with Gasteiger partial charge in [0.1, 0.15) is 0 Å². The van der Waals surface area contributed by atoms with Crippen LogP contribution < -0.4 is 4.74 Å². The van der Waals surface area contributed by atoms with E-state index in [1.165, 1.54) is 0 Å². The summed E-state index contributed by atoms with van der Waals surface area (Å²) < 4.78 is 42.6. The molecular weight excluding hydrogens is 181 g/mol. The molecule has 1 radical (unpaired) electrons. The van der Waals surface area contributed by atoms with E-state index in [0.717, 1.165) is 12.1 Å². The van der Waals surface area contributed by atoms with E-state index in [2.05, 4.69) is 6.92 Å². The summed E-state index contributed by atoms with van der Waals surface area (Å²) in [5.41, 5.74) is 0. The van der Waals surface area contributed by atoms with Gasteiger partial charge in [-0.1, -0.05) is 0 Å². The molecule has 4 heteroatoms. The van der Waals surface area contributed by atoms with Gasteiger partial charge in [-0.15, -0.1) is 0 Å². The molecule has 0 fully saturated rings. The Morgan fingerprint density at radius 1 is 1.15 bits per heavy atom. The van der Waals surface area contributed by atoms with E-state index in [1.807, 2.05) is 0 Å². The first-order chi connectivity index (χ1) is 6.16. The van der Waals surface area contributed by atoms with E-state index >= 15 is 0 Å². The fourth-order valence-electron chi connectivity index (χ4n) is 0.802. The van der Waals surface area contributed by atoms with Gasteiger partial charge < -0.3 is 4.74 Å². The van der Waals surface area contributed by atoms with Gasteiger partial charge in [0, 0.05) is 0 Å². The van der Waals surface area contributed by atoms with Gasteiger partial charge in [-0.05, 0) is 25.5 Å². The predicted molar refractivity (Wildman–Crippen MR) is 41.8 cm³/mol.